The molecule has 0 fully saturated rings. The minimum Gasteiger partial charge on any atom is -0.491 e. The number of hydrogen-bond donors (Lipinski definition) is 1. The fourth-order valence-electron chi connectivity index (χ4n) is 2.65. The molecule has 0 spiro atoms. The Labute approximate surface area is 126 Å². The summed E-state index contributed by atoms with van der Waals surface area (Å²) in [4.78, 5) is 11.7. The van der Waals surface area contributed by atoms with Crippen molar-refractivity contribution in [1.29, 1.82) is 0 Å². The van der Waals surface area contributed by atoms with E-state index in [4.69, 9.17) is 9.47 Å². The highest BCUT2D eigenvalue weighted by Crippen LogP contribution is 2.25. The first-order chi connectivity index (χ1) is 10.2. The van der Waals surface area contributed by atoms with Crippen molar-refractivity contribution in [1.82, 2.24) is 5.32 Å². The summed E-state index contributed by atoms with van der Waals surface area (Å²) in [5, 5.41) is 3.15. The second-order valence-electron chi connectivity index (χ2n) is 5.48. The van der Waals surface area contributed by atoms with E-state index in [-0.39, 0.29) is 5.97 Å². The molecule has 116 valence electrons. The Balaban J connectivity index is 1.94. The number of methoxy groups -OCH3 is 1. The molecular weight excluding hydrogens is 266 g/mol. The molecule has 0 heterocycles. The lowest BCUT2D eigenvalue weighted by Gasteiger charge is -2.19. The molecule has 4 nitrogen and oxygen atoms in total. The molecule has 1 atom stereocenters. The second kappa shape index (κ2) is 8.03. The van der Waals surface area contributed by atoms with E-state index in [0.29, 0.717) is 6.61 Å². The van der Waals surface area contributed by atoms with Gasteiger partial charge in [0.25, 0.3) is 0 Å². The van der Waals surface area contributed by atoms with Crippen molar-refractivity contribution in [3.05, 3.63) is 29.3 Å². The van der Waals surface area contributed by atoms with Crippen molar-refractivity contribution in [3.63, 3.8) is 0 Å². The van der Waals surface area contributed by atoms with E-state index in [9.17, 15) is 4.79 Å². The van der Waals surface area contributed by atoms with E-state index in [1.54, 1.807) is 0 Å². The van der Waals surface area contributed by atoms with E-state index < -0.39 is 6.04 Å². The van der Waals surface area contributed by atoms with Crippen LogP contribution in [0.25, 0.3) is 0 Å². The molecule has 21 heavy (non-hydrogen) atoms. The van der Waals surface area contributed by atoms with Crippen LogP contribution in [0.1, 0.15) is 37.3 Å². The van der Waals surface area contributed by atoms with Crippen LogP contribution < -0.4 is 10.1 Å². The number of ether oxygens (including phenoxy) is 2. The first-order valence-electron chi connectivity index (χ1n) is 7.80. The van der Waals surface area contributed by atoms with E-state index in [1.165, 1.54) is 37.5 Å². The van der Waals surface area contributed by atoms with Crippen molar-refractivity contribution in [2.24, 2.45) is 0 Å². The van der Waals surface area contributed by atoms with Gasteiger partial charge in [-0.1, -0.05) is 13.0 Å². The van der Waals surface area contributed by atoms with Crippen LogP contribution in [0, 0.1) is 0 Å². The Bertz CT molecular complexity index is 473. The third-order valence-corrected chi connectivity index (χ3v) is 3.86. The molecule has 0 aromatic heterocycles. The number of carbonyl (C=O) groups excluding carboxylic acids is 1. The molecule has 0 amide bonds. The zero-order valence-electron chi connectivity index (χ0n) is 13.0. The molecule has 2 rings (SSSR count). The average molecular weight is 291 g/mol. The maximum absolute atomic E-state index is 11.7. The summed E-state index contributed by atoms with van der Waals surface area (Å²) in [5.41, 5.74) is 2.82. The lowest BCUT2D eigenvalue weighted by molar-refractivity contribution is -0.143. The molecule has 0 saturated carbocycles. The van der Waals surface area contributed by atoms with Crippen molar-refractivity contribution in [2.75, 3.05) is 20.3 Å². The predicted molar refractivity (Wildman–Crippen MR) is 82.7 cm³/mol. The Hall–Kier alpha value is -1.55. The van der Waals surface area contributed by atoms with Crippen LogP contribution in [0.5, 0.6) is 5.75 Å². The molecule has 1 aliphatic carbocycles. The Kier molecular flexibility index (Phi) is 6.05. The van der Waals surface area contributed by atoms with Crippen molar-refractivity contribution in [3.8, 4) is 5.75 Å². The summed E-state index contributed by atoms with van der Waals surface area (Å²) in [5.74, 6) is 0.560. The monoisotopic (exact) mass is 291 g/mol. The van der Waals surface area contributed by atoms with Crippen molar-refractivity contribution in [2.45, 2.75) is 45.1 Å². The van der Waals surface area contributed by atoms with Crippen LogP contribution in [0.2, 0.25) is 0 Å². The molecule has 1 N–H and O–H groups in total. The number of benzene rings is 1. The summed E-state index contributed by atoms with van der Waals surface area (Å²) >= 11 is 0. The van der Waals surface area contributed by atoms with Gasteiger partial charge < -0.3 is 14.8 Å². The molecule has 1 unspecified atom stereocenters. The molecule has 0 saturated heterocycles. The Morgan fingerprint density at radius 2 is 2.05 bits per heavy atom. The molecule has 1 aromatic rings. The van der Waals surface area contributed by atoms with Gasteiger partial charge in [-0.3, -0.25) is 4.79 Å². The van der Waals surface area contributed by atoms with Crippen LogP contribution in [0.3, 0.4) is 0 Å². The molecule has 1 aromatic carbocycles. The third-order valence-electron chi connectivity index (χ3n) is 3.86. The molecule has 1 aliphatic rings. The summed E-state index contributed by atoms with van der Waals surface area (Å²) in [7, 11) is 1.40. The second-order valence-corrected chi connectivity index (χ2v) is 5.48. The van der Waals surface area contributed by atoms with E-state index >= 15 is 0 Å². The van der Waals surface area contributed by atoms with Crippen molar-refractivity contribution >= 4 is 5.97 Å². The minimum absolute atomic E-state index is 0.276. The number of rotatable bonds is 7. The van der Waals surface area contributed by atoms with Gasteiger partial charge in [-0.25, -0.2) is 0 Å². The normalized spacial score (nSPS) is 15.1. The van der Waals surface area contributed by atoms with Crippen molar-refractivity contribution < 1.29 is 14.3 Å². The standard InChI is InChI=1S/C17H25NO3/c1-3-10-18-16(17(19)20-2)12-21-15-9-8-13-6-4-5-7-14(13)11-15/h8-9,11,16,18H,3-7,10,12H2,1-2H3. The zero-order valence-corrected chi connectivity index (χ0v) is 13.0. The summed E-state index contributed by atoms with van der Waals surface area (Å²) in [6.45, 7) is 3.13. The Morgan fingerprint density at radius 1 is 1.29 bits per heavy atom. The third kappa shape index (κ3) is 4.46. The first-order valence-corrected chi connectivity index (χ1v) is 7.80. The maximum atomic E-state index is 11.7. The van der Waals surface area contributed by atoms with Crippen LogP contribution >= 0.6 is 0 Å². The Morgan fingerprint density at radius 3 is 2.76 bits per heavy atom. The van der Waals surface area contributed by atoms with Crippen LogP contribution in [-0.2, 0) is 22.4 Å². The summed E-state index contributed by atoms with van der Waals surface area (Å²) in [6, 6.07) is 5.85. The molecule has 0 aliphatic heterocycles. The lowest BCUT2D eigenvalue weighted by atomic mass is 9.92. The highest BCUT2D eigenvalue weighted by atomic mass is 16.5. The maximum Gasteiger partial charge on any atom is 0.326 e. The largest absolute Gasteiger partial charge is 0.491 e. The molecular formula is C17H25NO3. The van der Waals surface area contributed by atoms with Gasteiger partial charge in [0.2, 0.25) is 0 Å². The van der Waals surface area contributed by atoms with Crippen LogP contribution in [0.15, 0.2) is 18.2 Å². The molecule has 4 heteroatoms. The number of nitrogens with one attached hydrogen (secondary N) is 1. The van der Waals surface area contributed by atoms with E-state index in [0.717, 1.165) is 25.1 Å². The number of carbonyl (C=O) groups is 1. The topological polar surface area (TPSA) is 47.6 Å². The quantitative estimate of drug-likeness (QED) is 0.784. The summed E-state index contributed by atoms with van der Waals surface area (Å²) in [6.07, 6.45) is 5.78. The van der Waals surface area contributed by atoms with Gasteiger partial charge in [-0.05, 0) is 61.9 Å². The number of aryl methyl sites for hydroxylation is 2. The zero-order chi connectivity index (χ0) is 15.1. The van der Waals surface area contributed by atoms with Gasteiger partial charge in [0.15, 0.2) is 0 Å². The number of hydrogen-bond acceptors (Lipinski definition) is 4. The molecule has 0 radical (unpaired) electrons. The number of fused-ring (bicyclic) bond motifs is 1. The number of esters is 1. The smallest absolute Gasteiger partial charge is 0.326 e. The SMILES string of the molecule is CCCNC(COc1ccc2c(c1)CCCC2)C(=O)OC. The lowest BCUT2D eigenvalue weighted by Crippen LogP contribution is -2.42. The fourth-order valence-corrected chi connectivity index (χ4v) is 2.65. The van der Waals surface area contributed by atoms with Gasteiger partial charge in [0.05, 0.1) is 7.11 Å². The van der Waals surface area contributed by atoms with Crippen LogP contribution in [0.4, 0.5) is 0 Å². The molecule has 0 bridgehead atoms. The van der Waals surface area contributed by atoms with Gasteiger partial charge >= 0.3 is 5.97 Å². The van der Waals surface area contributed by atoms with Gasteiger partial charge in [-0.2, -0.15) is 0 Å². The van der Waals surface area contributed by atoms with Gasteiger partial charge in [0.1, 0.15) is 18.4 Å². The minimum atomic E-state index is -0.411. The highest BCUT2D eigenvalue weighted by molar-refractivity contribution is 5.75. The van der Waals surface area contributed by atoms with E-state index in [1.807, 2.05) is 6.07 Å². The van der Waals surface area contributed by atoms with Gasteiger partial charge in [0, 0.05) is 0 Å². The van der Waals surface area contributed by atoms with Crippen LogP contribution in [-0.4, -0.2) is 32.3 Å². The summed E-state index contributed by atoms with van der Waals surface area (Å²) < 4.78 is 10.6. The van der Waals surface area contributed by atoms with E-state index in [2.05, 4.69) is 24.4 Å². The predicted octanol–water partition coefficient (Wildman–Crippen LogP) is 2.49. The average Bonchev–Trinajstić information content (AvgIpc) is 2.54. The first kappa shape index (κ1) is 15.8. The fraction of sp³-hybridized carbons (Fsp3) is 0.588. The van der Waals surface area contributed by atoms with Gasteiger partial charge in [-0.15, -0.1) is 0 Å². The highest BCUT2D eigenvalue weighted by Gasteiger charge is 2.19.